The van der Waals surface area contributed by atoms with E-state index in [0.29, 0.717) is 12.3 Å². The molecule has 0 radical (unpaired) electrons. The topological polar surface area (TPSA) is 51.4 Å². The normalized spacial score (nSPS) is 16.0. The fraction of sp³-hybridized carbons (Fsp3) is 0.400. The summed E-state index contributed by atoms with van der Waals surface area (Å²) >= 11 is 0. The van der Waals surface area contributed by atoms with Crippen LogP contribution in [-0.4, -0.2) is 36.1 Å². The summed E-state index contributed by atoms with van der Waals surface area (Å²) in [7, 11) is 0. The first-order valence-corrected chi connectivity index (χ1v) is 6.83. The first-order chi connectivity index (χ1) is 9.34. The van der Waals surface area contributed by atoms with Gasteiger partial charge in [-0.05, 0) is 50.2 Å². The third-order valence-electron chi connectivity index (χ3n) is 3.62. The number of nitrogen functional groups attached to an aromatic ring is 1. The highest BCUT2D eigenvalue weighted by Gasteiger charge is 2.11. The van der Waals surface area contributed by atoms with E-state index in [4.69, 9.17) is 10.5 Å². The minimum atomic E-state index is 0.697. The number of nitrogens with two attached hydrogens (primary N) is 1. The number of hydrogen-bond donors (Lipinski definition) is 1. The smallest absolute Gasteiger partial charge is 0.128 e. The van der Waals surface area contributed by atoms with Crippen molar-refractivity contribution in [3.05, 3.63) is 30.5 Å². The quantitative estimate of drug-likeness (QED) is 0.854. The molecule has 19 heavy (non-hydrogen) atoms. The van der Waals surface area contributed by atoms with E-state index in [1.807, 2.05) is 24.3 Å². The lowest BCUT2D eigenvalue weighted by atomic mass is 10.2. The van der Waals surface area contributed by atoms with Crippen LogP contribution in [0.3, 0.4) is 0 Å². The molecule has 0 spiro atoms. The number of likely N-dealkylation sites (tertiary alicyclic amines) is 1. The van der Waals surface area contributed by atoms with Crippen LogP contribution in [0.15, 0.2) is 30.5 Å². The molecule has 2 aromatic rings. The van der Waals surface area contributed by atoms with Gasteiger partial charge >= 0.3 is 0 Å². The molecule has 2 N–H and O–H groups in total. The number of benzene rings is 1. The van der Waals surface area contributed by atoms with Crippen LogP contribution in [0.1, 0.15) is 12.8 Å². The van der Waals surface area contributed by atoms with Crippen LogP contribution in [0.25, 0.3) is 10.9 Å². The molecule has 1 aliphatic heterocycles. The van der Waals surface area contributed by atoms with Gasteiger partial charge in [-0.2, -0.15) is 0 Å². The summed E-state index contributed by atoms with van der Waals surface area (Å²) in [5.41, 5.74) is 7.44. The van der Waals surface area contributed by atoms with Gasteiger partial charge in [0, 0.05) is 18.1 Å². The van der Waals surface area contributed by atoms with Crippen molar-refractivity contribution in [1.29, 1.82) is 0 Å². The monoisotopic (exact) mass is 257 g/mol. The molecule has 1 saturated heterocycles. The second-order valence-electron chi connectivity index (χ2n) is 4.95. The minimum Gasteiger partial charge on any atom is -0.492 e. The van der Waals surface area contributed by atoms with Crippen LogP contribution in [0.5, 0.6) is 5.75 Å². The number of nitrogens with zero attached hydrogens (tertiary/aromatic N) is 2. The highest BCUT2D eigenvalue weighted by Crippen LogP contribution is 2.28. The summed E-state index contributed by atoms with van der Waals surface area (Å²) in [4.78, 5) is 6.75. The van der Waals surface area contributed by atoms with E-state index in [1.165, 1.54) is 25.9 Å². The molecule has 0 unspecified atom stereocenters. The van der Waals surface area contributed by atoms with E-state index in [2.05, 4.69) is 9.88 Å². The molecule has 1 aromatic heterocycles. The zero-order valence-corrected chi connectivity index (χ0v) is 11.0. The molecule has 0 bridgehead atoms. The number of rotatable bonds is 4. The standard InChI is InChI=1S/C15H19N3O/c16-13-5-6-14(12-4-3-7-17-15(12)13)19-11-10-18-8-1-2-9-18/h3-7H,1-2,8-11,16H2. The molecule has 4 nitrogen and oxygen atoms in total. The molecule has 0 saturated carbocycles. The van der Waals surface area contributed by atoms with Crippen LogP contribution in [0.4, 0.5) is 5.69 Å². The lowest BCUT2D eigenvalue weighted by molar-refractivity contribution is 0.239. The maximum Gasteiger partial charge on any atom is 0.128 e. The Morgan fingerprint density at radius 1 is 1.21 bits per heavy atom. The molecular formula is C15H19N3O. The largest absolute Gasteiger partial charge is 0.492 e. The Labute approximate surface area is 113 Å². The third-order valence-corrected chi connectivity index (χ3v) is 3.62. The van der Waals surface area contributed by atoms with Gasteiger partial charge in [-0.15, -0.1) is 0 Å². The van der Waals surface area contributed by atoms with Gasteiger partial charge in [0.25, 0.3) is 0 Å². The van der Waals surface area contributed by atoms with Crippen LogP contribution in [0, 0.1) is 0 Å². The number of ether oxygens (including phenoxy) is 1. The average Bonchev–Trinajstić information content (AvgIpc) is 2.95. The lowest BCUT2D eigenvalue weighted by Crippen LogP contribution is -2.25. The van der Waals surface area contributed by atoms with E-state index in [-0.39, 0.29) is 0 Å². The molecule has 100 valence electrons. The van der Waals surface area contributed by atoms with Crippen molar-refractivity contribution >= 4 is 16.6 Å². The van der Waals surface area contributed by atoms with Crippen molar-refractivity contribution in [2.45, 2.75) is 12.8 Å². The molecule has 0 aliphatic carbocycles. The maximum atomic E-state index is 5.93. The van der Waals surface area contributed by atoms with Crippen LogP contribution >= 0.6 is 0 Å². The SMILES string of the molecule is Nc1ccc(OCCN2CCCC2)c2cccnc12. The summed E-state index contributed by atoms with van der Waals surface area (Å²) < 4.78 is 5.90. The molecule has 2 heterocycles. The number of hydrogen-bond acceptors (Lipinski definition) is 4. The summed E-state index contributed by atoms with van der Waals surface area (Å²) in [5, 5.41) is 0.990. The number of fused-ring (bicyclic) bond motifs is 1. The molecular weight excluding hydrogens is 238 g/mol. The molecule has 1 aromatic carbocycles. The minimum absolute atomic E-state index is 0.697. The lowest BCUT2D eigenvalue weighted by Gasteiger charge is -2.16. The summed E-state index contributed by atoms with van der Waals surface area (Å²) in [5.74, 6) is 0.872. The Kier molecular flexibility index (Phi) is 3.51. The molecule has 1 aliphatic rings. The molecule has 4 heteroatoms. The van der Waals surface area contributed by atoms with E-state index in [9.17, 15) is 0 Å². The van der Waals surface area contributed by atoms with Gasteiger partial charge in [-0.1, -0.05) is 0 Å². The molecule has 1 fully saturated rings. The highest BCUT2D eigenvalue weighted by atomic mass is 16.5. The predicted molar refractivity (Wildman–Crippen MR) is 77.3 cm³/mol. The van der Waals surface area contributed by atoms with E-state index < -0.39 is 0 Å². The van der Waals surface area contributed by atoms with Crippen molar-refractivity contribution in [3.63, 3.8) is 0 Å². The first-order valence-electron chi connectivity index (χ1n) is 6.83. The summed E-state index contributed by atoms with van der Waals surface area (Å²) in [6.07, 6.45) is 4.39. The van der Waals surface area contributed by atoms with Crippen molar-refractivity contribution in [3.8, 4) is 5.75 Å². The Morgan fingerprint density at radius 2 is 2.05 bits per heavy atom. The van der Waals surface area contributed by atoms with E-state index in [1.54, 1.807) is 6.20 Å². The molecule has 3 rings (SSSR count). The van der Waals surface area contributed by atoms with Gasteiger partial charge in [0.2, 0.25) is 0 Å². The van der Waals surface area contributed by atoms with Crippen molar-refractivity contribution in [2.75, 3.05) is 32.0 Å². The second kappa shape index (κ2) is 5.45. The fourth-order valence-corrected chi connectivity index (χ4v) is 2.59. The van der Waals surface area contributed by atoms with Gasteiger partial charge in [0.15, 0.2) is 0 Å². The predicted octanol–water partition coefficient (Wildman–Crippen LogP) is 2.29. The van der Waals surface area contributed by atoms with Gasteiger partial charge in [-0.3, -0.25) is 9.88 Å². The molecule has 0 atom stereocenters. The van der Waals surface area contributed by atoms with Crippen molar-refractivity contribution in [2.24, 2.45) is 0 Å². The van der Waals surface area contributed by atoms with Crippen molar-refractivity contribution in [1.82, 2.24) is 9.88 Å². The van der Waals surface area contributed by atoms with Crippen molar-refractivity contribution < 1.29 is 4.74 Å². The summed E-state index contributed by atoms with van der Waals surface area (Å²) in [6, 6.07) is 7.71. The Bertz CT molecular complexity index is 564. The van der Waals surface area contributed by atoms with Gasteiger partial charge in [-0.25, -0.2) is 0 Å². The maximum absolute atomic E-state index is 5.93. The van der Waals surface area contributed by atoms with E-state index >= 15 is 0 Å². The fourth-order valence-electron chi connectivity index (χ4n) is 2.59. The first kappa shape index (κ1) is 12.2. The highest BCUT2D eigenvalue weighted by molar-refractivity contribution is 5.93. The Balaban J connectivity index is 1.72. The van der Waals surface area contributed by atoms with E-state index in [0.717, 1.165) is 23.2 Å². The second-order valence-corrected chi connectivity index (χ2v) is 4.95. The number of aromatic nitrogens is 1. The van der Waals surface area contributed by atoms with Gasteiger partial charge in [0.1, 0.15) is 12.4 Å². The average molecular weight is 257 g/mol. The van der Waals surface area contributed by atoms with Crippen LogP contribution < -0.4 is 10.5 Å². The van der Waals surface area contributed by atoms with Crippen LogP contribution in [-0.2, 0) is 0 Å². The number of anilines is 1. The zero-order valence-electron chi connectivity index (χ0n) is 11.0. The Morgan fingerprint density at radius 3 is 2.89 bits per heavy atom. The summed E-state index contributed by atoms with van der Waals surface area (Å²) in [6.45, 7) is 4.11. The van der Waals surface area contributed by atoms with Gasteiger partial charge in [0.05, 0.1) is 11.2 Å². The zero-order chi connectivity index (χ0) is 13.1. The number of pyridine rings is 1. The van der Waals surface area contributed by atoms with Gasteiger partial charge < -0.3 is 10.5 Å². The third kappa shape index (κ3) is 2.63. The molecule has 0 amide bonds. The Hall–Kier alpha value is -1.81. The van der Waals surface area contributed by atoms with Crippen LogP contribution in [0.2, 0.25) is 0 Å².